The number of nitrogens with one attached hydrogen (secondary N) is 1. The molecule has 0 saturated heterocycles. The predicted octanol–water partition coefficient (Wildman–Crippen LogP) is 3.13. The molecular weight excluding hydrogens is 322 g/mol. The van der Waals surface area contributed by atoms with Crippen LogP contribution in [-0.2, 0) is 14.3 Å². The first-order valence-corrected chi connectivity index (χ1v) is 7.44. The number of ether oxygens (including phenoxy) is 2. The number of hydrogen-bond acceptors (Lipinski definition) is 5. The molecule has 0 atom stereocenters. The molecule has 0 fully saturated rings. The summed E-state index contributed by atoms with van der Waals surface area (Å²) in [4.78, 5) is 38.7. The van der Waals surface area contributed by atoms with Crippen molar-refractivity contribution in [2.24, 2.45) is 0 Å². The largest absolute Gasteiger partial charge is 0.469 e. The topological polar surface area (TPSA) is 85.5 Å². The van der Waals surface area contributed by atoms with Gasteiger partial charge in [0.05, 0.1) is 25.7 Å². The Hall–Kier alpha value is -2.34. The van der Waals surface area contributed by atoms with Crippen molar-refractivity contribution in [3.05, 3.63) is 34.5 Å². The molecule has 1 aromatic carbocycles. The first-order valence-electron chi connectivity index (χ1n) is 7.06. The van der Waals surface area contributed by atoms with Crippen molar-refractivity contribution in [3.8, 4) is 0 Å². The molecule has 122 valence electrons. The summed E-state index contributed by atoms with van der Waals surface area (Å²) >= 11 is 5.94. The summed E-state index contributed by atoms with van der Waals surface area (Å²) in [5.74, 6) is -1.45. The number of esters is 2. The average molecular weight is 338 g/mol. The van der Waals surface area contributed by atoms with E-state index < -0.39 is 11.9 Å². The van der Waals surface area contributed by atoms with Gasteiger partial charge in [-0.25, -0.2) is 4.79 Å². The minimum atomic E-state index is -0.624. The first-order chi connectivity index (χ1) is 11.0. The maximum Gasteiger partial charge on any atom is 0.355 e. The molecule has 1 aromatic heterocycles. The lowest BCUT2D eigenvalue weighted by Crippen LogP contribution is -2.12. The SMILES string of the molecule is CCOC(=O)c1[nH]c2cc(Cl)ccc2c1C(=O)CCC(=O)OC. The zero-order valence-corrected chi connectivity index (χ0v) is 13.5. The second-order valence-corrected chi connectivity index (χ2v) is 5.22. The Bertz CT molecular complexity index is 765. The molecule has 7 heteroatoms. The summed E-state index contributed by atoms with van der Waals surface area (Å²) in [5.41, 5.74) is 0.833. The highest BCUT2D eigenvalue weighted by molar-refractivity contribution is 6.31. The number of aromatic nitrogens is 1. The molecule has 0 unspecified atom stereocenters. The van der Waals surface area contributed by atoms with Gasteiger partial charge >= 0.3 is 11.9 Å². The molecule has 0 bridgehead atoms. The number of rotatable bonds is 6. The van der Waals surface area contributed by atoms with Crippen LogP contribution in [0.2, 0.25) is 5.02 Å². The smallest absolute Gasteiger partial charge is 0.355 e. The number of H-pyrrole nitrogens is 1. The normalized spacial score (nSPS) is 10.6. The van der Waals surface area contributed by atoms with Gasteiger partial charge in [-0.1, -0.05) is 17.7 Å². The zero-order chi connectivity index (χ0) is 17.0. The van der Waals surface area contributed by atoms with Crippen LogP contribution in [-0.4, -0.2) is 36.4 Å². The van der Waals surface area contributed by atoms with Crippen LogP contribution in [0.1, 0.15) is 40.6 Å². The molecule has 0 aliphatic carbocycles. The molecule has 1 N–H and O–H groups in total. The monoisotopic (exact) mass is 337 g/mol. The van der Waals surface area contributed by atoms with E-state index in [0.717, 1.165) is 0 Å². The maximum absolute atomic E-state index is 12.5. The molecular formula is C16H16ClNO5. The van der Waals surface area contributed by atoms with Gasteiger partial charge in [-0.15, -0.1) is 0 Å². The Morgan fingerprint density at radius 2 is 1.96 bits per heavy atom. The Labute approximate surface area is 137 Å². The van der Waals surface area contributed by atoms with E-state index in [4.69, 9.17) is 16.3 Å². The van der Waals surface area contributed by atoms with Crippen LogP contribution in [0.4, 0.5) is 0 Å². The predicted molar refractivity (Wildman–Crippen MR) is 84.8 cm³/mol. The lowest BCUT2D eigenvalue weighted by molar-refractivity contribution is -0.140. The zero-order valence-electron chi connectivity index (χ0n) is 12.8. The van der Waals surface area contributed by atoms with Gasteiger partial charge in [0.2, 0.25) is 0 Å². The third kappa shape index (κ3) is 3.71. The van der Waals surface area contributed by atoms with Gasteiger partial charge < -0.3 is 14.5 Å². The number of hydrogen-bond donors (Lipinski definition) is 1. The lowest BCUT2D eigenvalue weighted by atomic mass is 10.0. The molecule has 1 heterocycles. The van der Waals surface area contributed by atoms with Crippen molar-refractivity contribution in [3.63, 3.8) is 0 Å². The molecule has 0 radical (unpaired) electrons. The number of halogens is 1. The van der Waals surface area contributed by atoms with Gasteiger partial charge in [-0.3, -0.25) is 9.59 Å². The van der Waals surface area contributed by atoms with Crippen LogP contribution < -0.4 is 0 Å². The second-order valence-electron chi connectivity index (χ2n) is 4.78. The van der Waals surface area contributed by atoms with E-state index in [1.165, 1.54) is 7.11 Å². The standard InChI is InChI=1S/C16H16ClNO5/c1-3-23-16(21)15-14(12(19)6-7-13(20)22-2)10-5-4-9(17)8-11(10)18-15/h4-5,8,18H,3,6-7H2,1-2H3. The lowest BCUT2D eigenvalue weighted by Gasteiger charge is -2.04. The number of methoxy groups -OCH3 is 1. The first kappa shape index (κ1) is 17.0. The van der Waals surface area contributed by atoms with Crippen molar-refractivity contribution in [2.75, 3.05) is 13.7 Å². The van der Waals surface area contributed by atoms with Crippen molar-refractivity contribution in [1.82, 2.24) is 4.98 Å². The Kier molecular flexibility index (Phi) is 5.39. The van der Waals surface area contributed by atoms with Crippen LogP contribution in [0.5, 0.6) is 0 Å². The molecule has 2 aromatic rings. The van der Waals surface area contributed by atoms with Crippen molar-refractivity contribution < 1.29 is 23.9 Å². The van der Waals surface area contributed by atoms with Gasteiger partial charge in [0, 0.05) is 22.3 Å². The quantitative estimate of drug-likeness (QED) is 0.646. The molecule has 0 amide bonds. The van der Waals surface area contributed by atoms with Gasteiger partial charge in [0.15, 0.2) is 5.78 Å². The molecule has 0 spiro atoms. The van der Waals surface area contributed by atoms with Crippen LogP contribution in [0.15, 0.2) is 18.2 Å². The minimum absolute atomic E-state index is 0.0577. The molecule has 0 aliphatic heterocycles. The molecule has 23 heavy (non-hydrogen) atoms. The third-order valence-corrected chi connectivity index (χ3v) is 3.54. The fourth-order valence-electron chi connectivity index (χ4n) is 2.26. The summed E-state index contributed by atoms with van der Waals surface area (Å²) in [7, 11) is 1.25. The average Bonchev–Trinajstić information content (AvgIpc) is 2.91. The van der Waals surface area contributed by atoms with Crippen LogP contribution in [0.3, 0.4) is 0 Å². The van der Waals surface area contributed by atoms with Crippen LogP contribution in [0.25, 0.3) is 10.9 Å². The summed E-state index contributed by atoms with van der Waals surface area (Å²) in [6.45, 7) is 1.86. The number of benzene rings is 1. The summed E-state index contributed by atoms with van der Waals surface area (Å²) in [6, 6.07) is 4.91. The Morgan fingerprint density at radius 1 is 1.22 bits per heavy atom. The Morgan fingerprint density at radius 3 is 2.61 bits per heavy atom. The van der Waals surface area contributed by atoms with E-state index in [0.29, 0.717) is 15.9 Å². The summed E-state index contributed by atoms with van der Waals surface area (Å²) in [6.07, 6.45) is -0.119. The highest BCUT2D eigenvalue weighted by Crippen LogP contribution is 2.27. The molecule has 2 rings (SSSR count). The molecule has 6 nitrogen and oxygen atoms in total. The fourth-order valence-corrected chi connectivity index (χ4v) is 2.43. The van der Waals surface area contributed by atoms with Gasteiger partial charge in [0.1, 0.15) is 5.69 Å². The number of fused-ring (bicyclic) bond motifs is 1. The van der Waals surface area contributed by atoms with Crippen molar-refractivity contribution in [2.45, 2.75) is 19.8 Å². The highest BCUT2D eigenvalue weighted by Gasteiger charge is 2.24. The fraction of sp³-hybridized carbons (Fsp3) is 0.312. The van der Waals surface area contributed by atoms with Crippen LogP contribution >= 0.6 is 11.6 Å². The maximum atomic E-state index is 12.5. The second kappa shape index (κ2) is 7.28. The van der Waals surface area contributed by atoms with Crippen molar-refractivity contribution in [1.29, 1.82) is 0 Å². The van der Waals surface area contributed by atoms with Gasteiger partial charge in [-0.05, 0) is 19.1 Å². The van der Waals surface area contributed by atoms with E-state index in [2.05, 4.69) is 9.72 Å². The molecule has 0 aliphatic rings. The number of carbonyl (C=O) groups excluding carboxylic acids is 3. The van der Waals surface area contributed by atoms with E-state index in [1.54, 1.807) is 25.1 Å². The number of Topliss-reactive ketones (excluding diaryl/α,β-unsaturated/α-hetero) is 1. The number of aromatic amines is 1. The summed E-state index contributed by atoms with van der Waals surface area (Å²) in [5, 5.41) is 1.04. The Balaban J connectivity index is 2.45. The van der Waals surface area contributed by atoms with E-state index >= 15 is 0 Å². The van der Waals surface area contributed by atoms with Gasteiger partial charge in [0.25, 0.3) is 0 Å². The third-order valence-electron chi connectivity index (χ3n) is 3.30. The van der Waals surface area contributed by atoms with E-state index in [1.807, 2.05) is 0 Å². The van der Waals surface area contributed by atoms with Crippen LogP contribution in [0, 0.1) is 0 Å². The number of carbonyl (C=O) groups is 3. The van der Waals surface area contributed by atoms with Gasteiger partial charge in [-0.2, -0.15) is 0 Å². The minimum Gasteiger partial charge on any atom is -0.469 e. The van der Waals surface area contributed by atoms with E-state index in [9.17, 15) is 14.4 Å². The van der Waals surface area contributed by atoms with Crippen molar-refractivity contribution >= 4 is 40.2 Å². The summed E-state index contributed by atoms with van der Waals surface area (Å²) < 4.78 is 9.51. The highest BCUT2D eigenvalue weighted by atomic mass is 35.5. The number of ketones is 1. The van der Waals surface area contributed by atoms with E-state index in [-0.39, 0.29) is 36.5 Å². The molecule has 0 saturated carbocycles.